The summed E-state index contributed by atoms with van der Waals surface area (Å²) in [4.78, 5) is 7.05. The lowest BCUT2D eigenvalue weighted by molar-refractivity contribution is 0.641. The van der Waals surface area contributed by atoms with Gasteiger partial charge in [0, 0.05) is 25.3 Å². The smallest absolute Gasteiger partial charge is 0.131 e. The maximum absolute atomic E-state index is 6.09. The molecule has 1 aliphatic heterocycles. The summed E-state index contributed by atoms with van der Waals surface area (Å²) in [6, 6.07) is 4.46. The second-order valence-corrected chi connectivity index (χ2v) is 5.26. The molecule has 1 aromatic rings. The van der Waals surface area contributed by atoms with Crippen molar-refractivity contribution in [1.82, 2.24) is 4.98 Å². The van der Waals surface area contributed by atoms with Crippen LogP contribution in [0.4, 0.5) is 5.82 Å². The van der Waals surface area contributed by atoms with Gasteiger partial charge in [0.15, 0.2) is 0 Å². The molecule has 1 aliphatic rings. The van der Waals surface area contributed by atoms with Gasteiger partial charge in [-0.15, -0.1) is 0 Å². The van der Waals surface area contributed by atoms with Gasteiger partial charge in [-0.3, -0.25) is 0 Å². The van der Waals surface area contributed by atoms with Gasteiger partial charge in [-0.1, -0.05) is 25.8 Å². The second-order valence-electron chi connectivity index (χ2n) is 5.26. The predicted molar refractivity (Wildman–Crippen MR) is 76.9 cm³/mol. The highest BCUT2D eigenvalue weighted by Gasteiger charge is 2.15. The van der Waals surface area contributed by atoms with E-state index in [1.165, 1.54) is 37.1 Å². The zero-order valence-corrected chi connectivity index (χ0v) is 11.4. The normalized spacial score (nSPS) is 18.4. The number of nitrogens with zero attached hydrogens (tertiary/aromatic N) is 2. The van der Waals surface area contributed by atoms with Crippen molar-refractivity contribution in [1.29, 1.82) is 0 Å². The van der Waals surface area contributed by atoms with Crippen molar-refractivity contribution in [3.63, 3.8) is 0 Å². The highest BCUT2D eigenvalue weighted by molar-refractivity contribution is 5.47. The van der Waals surface area contributed by atoms with E-state index >= 15 is 0 Å². The molecule has 1 atom stereocenters. The Morgan fingerprint density at radius 3 is 2.67 bits per heavy atom. The molecule has 0 bridgehead atoms. The lowest BCUT2D eigenvalue weighted by Crippen LogP contribution is -2.28. The van der Waals surface area contributed by atoms with Gasteiger partial charge in [0.1, 0.15) is 5.82 Å². The zero-order valence-electron chi connectivity index (χ0n) is 11.4. The molecule has 1 saturated heterocycles. The van der Waals surface area contributed by atoms with Gasteiger partial charge in [-0.05, 0) is 37.3 Å². The summed E-state index contributed by atoms with van der Waals surface area (Å²) in [6.07, 6.45) is 9.15. The highest BCUT2D eigenvalue weighted by atomic mass is 15.2. The summed E-state index contributed by atoms with van der Waals surface area (Å²) in [5.74, 6) is 1.17. The molecule has 1 unspecified atom stereocenters. The third-order valence-corrected chi connectivity index (χ3v) is 3.78. The molecular weight excluding hydrogens is 222 g/mol. The Morgan fingerprint density at radius 1 is 1.28 bits per heavy atom. The summed E-state index contributed by atoms with van der Waals surface area (Å²) < 4.78 is 0. The first-order chi connectivity index (χ1) is 8.81. The van der Waals surface area contributed by atoms with E-state index in [1.54, 1.807) is 0 Å². The monoisotopic (exact) mass is 247 g/mol. The number of hydrogen-bond acceptors (Lipinski definition) is 3. The van der Waals surface area contributed by atoms with Crippen molar-refractivity contribution in [2.75, 3.05) is 18.0 Å². The van der Waals surface area contributed by atoms with Crippen LogP contribution in [-0.4, -0.2) is 24.1 Å². The molecule has 100 valence electrons. The van der Waals surface area contributed by atoms with Crippen LogP contribution in [0, 0.1) is 0 Å². The van der Waals surface area contributed by atoms with Crippen LogP contribution in [0.5, 0.6) is 0 Å². The maximum Gasteiger partial charge on any atom is 0.131 e. The molecule has 2 N–H and O–H groups in total. The van der Waals surface area contributed by atoms with Crippen LogP contribution in [0.3, 0.4) is 0 Å². The minimum atomic E-state index is 0.250. The van der Waals surface area contributed by atoms with Crippen LogP contribution >= 0.6 is 0 Å². The molecule has 1 fully saturated rings. The average Bonchev–Trinajstić information content (AvgIpc) is 2.68. The summed E-state index contributed by atoms with van der Waals surface area (Å²) in [5, 5.41) is 0. The van der Waals surface area contributed by atoms with E-state index in [-0.39, 0.29) is 6.04 Å². The topological polar surface area (TPSA) is 42.1 Å². The van der Waals surface area contributed by atoms with Crippen molar-refractivity contribution in [2.24, 2.45) is 5.73 Å². The van der Waals surface area contributed by atoms with Gasteiger partial charge >= 0.3 is 0 Å². The van der Waals surface area contributed by atoms with Crippen LogP contribution in [0.1, 0.15) is 44.6 Å². The summed E-state index contributed by atoms with van der Waals surface area (Å²) in [5.41, 5.74) is 7.40. The Bertz CT molecular complexity index is 357. The van der Waals surface area contributed by atoms with Gasteiger partial charge in [-0.2, -0.15) is 0 Å². The SMILES string of the molecule is CCC(N)Cc1cccnc1N1CCCCCC1. The summed E-state index contributed by atoms with van der Waals surface area (Å²) in [6.45, 7) is 4.43. The predicted octanol–water partition coefficient (Wildman–Crippen LogP) is 2.74. The molecule has 0 amide bonds. The lowest BCUT2D eigenvalue weighted by atomic mass is 10.1. The van der Waals surface area contributed by atoms with E-state index in [9.17, 15) is 0 Å². The highest BCUT2D eigenvalue weighted by Crippen LogP contribution is 2.22. The third-order valence-electron chi connectivity index (χ3n) is 3.78. The molecule has 2 heterocycles. The number of hydrogen-bond donors (Lipinski definition) is 1. The molecule has 3 nitrogen and oxygen atoms in total. The number of anilines is 1. The van der Waals surface area contributed by atoms with Crippen molar-refractivity contribution in [3.05, 3.63) is 23.9 Å². The summed E-state index contributed by atoms with van der Waals surface area (Å²) in [7, 11) is 0. The fourth-order valence-electron chi connectivity index (χ4n) is 2.58. The van der Waals surface area contributed by atoms with Crippen LogP contribution in [-0.2, 0) is 6.42 Å². The first-order valence-electron chi connectivity index (χ1n) is 7.25. The van der Waals surface area contributed by atoms with Gasteiger partial charge in [-0.25, -0.2) is 4.98 Å². The van der Waals surface area contributed by atoms with Gasteiger partial charge in [0.2, 0.25) is 0 Å². The van der Waals surface area contributed by atoms with E-state index in [0.29, 0.717) is 0 Å². The molecule has 18 heavy (non-hydrogen) atoms. The van der Waals surface area contributed by atoms with Crippen LogP contribution in [0.2, 0.25) is 0 Å². The zero-order chi connectivity index (χ0) is 12.8. The second kappa shape index (κ2) is 6.74. The number of rotatable bonds is 4. The van der Waals surface area contributed by atoms with Gasteiger partial charge < -0.3 is 10.6 Å². The molecule has 0 aromatic carbocycles. The number of pyridine rings is 1. The Kier molecular flexibility index (Phi) is 5.00. The summed E-state index contributed by atoms with van der Waals surface area (Å²) >= 11 is 0. The van der Waals surface area contributed by atoms with E-state index in [4.69, 9.17) is 5.73 Å². The van der Waals surface area contributed by atoms with Gasteiger partial charge in [0.25, 0.3) is 0 Å². The third kappa shape index (κ3) is 3.45. The van der Waals surface area contributed by atoms with Crippen molar-refractivity contribution >= 4 is 5.82 Å². The Hall–Kier alpha value is -1.09. The Balaban J connectivity index is 2.14. The number of nitrogens with two attached hydrogens (primary N) is 1. The largest absolute Gasteiger partial charge is 0.356 e. The fraction of sp³-hybridized carbons (Fsp3) is 0.667. The molecule has 0 spiro atoms. The van der Waals surface area contributed by atoms with E-state index < -0.39 is 0 Å². The fourth-order valence-corrected chi connectivity index (χ4v) is 2.58. The first kappa shape index (κ1) is 13.3. The average molecular weight is 247 g/mol. The number of aromatic nitrogens is 1. The van der Waals surface area contributed by atoms with Crippen molar-refractivity contribution < 1.29 is 0 Å². The minimum Gasteiger partial charge on any atom is -0.356 e. The Morgan fingerprint density at radius 2 is 2.00 bits per heavy atom. The van der Waals surface area contributed by atoms with Crippen molar-refractivity contribution in [3.8, 4) is 0 Å². The maximum atomic E-state index is 6.09. The van der Waals surface area contributed by atoms with Crippen LogP contribution < -0.4 is 10.6 Å². The van der Waals surface area contributed by atoms with Crippen molar-refractivity contribution in [2.45, 2.75) is 51.5 Å². The van der Waals surface area contributed by atoms with Gasteiger partial charge in [0.05, 0.1) is 0 Å². The molecule has 2 rings (SSSR count). The van der Waals surface area contributed by atoms with Crippen LogP contribution in [0.15, 0.2) is 18.3 Å². The standard InChI is InChI=1S/C15H25N3/c1-2-14(16)12-13-8-7-9-17-15(13)18-10-5-3-4-6-11-18/h7-9,14H,2-6,10-12,16H2,1H3. The van der Waals surface area contributed by atoms with E-state index in [0.717, 1.165) is 25.9 Å². The Labute approximate surface area is 110 Å². The molecule has 3 heteroatoms. The molecule has 1 aromatic heterocycles. The van der Waals surface area contributed by atoms with E-state index in [2.05, 4.69) is 22.9 Å². The van der Waals surface area contributed by atoms with E-state index in [1.807, 2.05) is 12.3 Å². The quantitative estimate of drug-likeness (QED) is 0.889. The molecule has 0 aliphatic carbocycles. The first-order valence-corrected chi connectivity index (χ1v) is 7.25. The lowest BCUT2D eigenvalue weighted by Gasteiger charge is -2.24. The minimum absolute atomic E-state index is 0.250. The molecule has 0 saturated carbocycles. The van der Waals surface area contributed by atoms with Crippen LogP contribution in [0.25, 0.3) is 0 Å². The molecule has 0 radical (unpaired) electrons. The molecular formula is C15H25N3.